The van der Waals surface area contributed by atoms with Gasteiger partial charge >= 0.3 is 5.97 Å². The maximum absolute atomic E-state index is 11.9. The first-order valence-corrected chi connectivity index (χ1v) is 10.4. The minimum atomic E-state index is -1.45. The number of hydrogen-bond donors (Lipinski definition) is 4. The fourth-order valence-corrected chi connectivity index (χ4v) is 4.14. The van der Waals surface area contributed by atoms with E-state index < -0.39 is 48.6 Å². The molecule has 2 heterocycles. The molecule has 1 unspecified atom stereocenters. The molecular weight excluding hydrogens is 430 g/mol. The lowest BCUT2D eigenvalue weighted by atomic mass is 9.84. The highest BCUT2D eigenvalue weighted by Crippen LogP contribution is 2.36. The summed E-state index contributed by atoms with van der Waals surface area (Å²) in [7, 11) is 1.32. The van der Waals surface area contributed by atoms with Gasteiger partial charge in [-0.1, -0.05) is 36.4 Å². The van der Waals surface area contributed by atoms with E-state index in [2.05, 4.69) is 15.4 Å². The number of esters is 1. The third-order valence-electron chi connectivity index (χ3n) is 6.00. The van der Waals surface area contributed by atoms with Crippen LogP contribution < -0.4 is 0 Å². The number of carbonyl (C=O) groups excluding carboxylic acids is 1. The van der Waals surface area contributed by atoms with Crippen molar-refractivity contribution in [1.29, 1.82) is 0 Å². The van der Waals surface area contributed by atoms with Crippen molar-refractivity contribution in [1.82, 2.24) is 0 Å². The zero-order valence-electron chi connectivity index (χ0n) is 17.9. The van der Waals surface area contributed by atoms with E-state index in [1.807, 2.05) is 6.07 Å². The van der Waals surface area contributed by atoms with Crippen LogP contribution in [0.25, 0.3) is 0 Å². The summed E-state index contributed by atoms with van der Waals surface area (Å²) in [6.45, 7) is -0.496. The number of rotatable bonds is 6. The molecule has 2 aromatic carbocycles. The van der Waals surface area contributed by atoms with Crippen molar-refractivity contribution in [3.05, 3.63) is 70.8 Å². The summed E-state index contributed by atoms with van der Waals surface area (Å²) in [6, 6.07) is 14.1. The van der Waals surface area contributed by atoms with Crippen LogP contribution in [0.15, 0.2) is 64.0 Å². The molecule has 2 aromatic rings. The van der Waals surface area contributed by atoms with Crippen molar-refractivity contribution >= 4 is 12.2 Å². The Morgan fingerprint density at radius 2 is 1.85 bits per heavy atom. The third kappa shape index (κ3) is 4.43. The van der Waals surface area contributed by atoms with Gasteiger partial charge in [-0.15, -0.1) is 5.10 Å². The predicted molar refractivity (Wildman–Crippen MR) is 116 cm³/mol. The first-order valence-electron chi connectivity index (χ1n) is 10.4. The molecule has 0 aliphatic carbocycles. The van der Waals surface area contributed by atoms with Crippen molar-refractivity contribution in [3.8, 4) is 0 Å². The molecule has 0 bridgehead atoms. The molecule has 10 nitrogen and oxygen atoms in total. The van der Waals surface area contributed by atoms with Gasteiger partial charge in [-0.2, -0.15) is 5.11 Å². The molecule has 4 rings (SSSR count). The highest BCUT2D eigenvalue weighted by molar-refractivity contribution is 5.89. The molecule has 10 heteroatoms. The lowest BCUT2D eigenvalue weighted by Gasteiger charge is -2.40. The van der Waals surface area contributed by atoms with Crippen molar-refractivity contribution in [3.63, 3.8) is 0 Å². The van der Waals surface area contributed by atoms with Crippen LogP contribution in [0.4, 0.5) is 0 Å². The van der Waals surface area contributed by atoms with Crippen LogP contribution >= 0.6 is 0 Å². The largest absolute Gasteiger partial charge is 0.465 e. The standard InChI is InChI=1S/C23H25N3O7/c1-32-22(31)15-4-2-3-13(9-15)10-23(12-24-26-25-23)16-7-5-14(6-8-16)21-20(30)19(29)18(28)17(11-27)33-21/h2-9,12,17-21,27-30H,10-11H2,1H3/t17-,18-,19+,20-,21-,23?/m1/s1. The molecule has 0 radical (unpaired) electrons. The molecule has 1 saturated heterocycles. The summed E-state index contributed by atoms with van der Waals surface area (Å²) < 4.78 is 10.4. The zero-order chi connectivity index (χ0) is 23.6. The Kier molecular flexibility index (Phi) is 6.63. The molecule has 6 atom stereocenters. The molecule has 4 N–H and O–H groups in total. The van der Waals surface area contributed by atoms with E-state index in [1.165, 1.54) is 7.11 Å². The summed E-state index contributed by atoms with van der Waals surface area (Å²) in [6.07, 6.45) is -4.13. The highest BCUT2D eigenvalue weighted by Gasteiger charge is 2.44. The van der Waals surface area contributed by atoms with Gasteiger partial charge in [0.15, 0.2) is 0 Å². The van der Waals surface area contributed by atoms with Crippen molar-refractivity contribution in [2.45, 2.75) is 42.5 Å². The molecule has 0 aromatic heterocycles. The van der Waals surface area contributed by atoms with Gasteiger partial charge in [-0.05, 0) is 34.0 Å². The number of ether oxygens (including phenoxy) is 2. The van der Waals surface area contributed by atoms with E-state index in [0.29, 0.717) is 17.5 Å². The van der Waals surface area contributed by atoms with E-state index in [-0.39, 0.29) is 0 Å². The lowest BCUT2D eigenvalue weighted by Crippen LogP contribution is -2.55. The number of nitrogens with zero attached hydrogens (tertiary/aromatic N) is 3. The average Bonchev–Trinajstić information content (AvgIpc) is 3.32. The van der Waals surface area contributed by atoms with Crippen molar-refractivity contribution < 1.29 is 34.7 Å². The number of hydrogen-bond acceptors (Lipinski definition) is 10. The Labute approximate surface area is 189 Å². The van der Waals surface area contributed by atoms with Crippen molar-refractivity contribution in [2.24, 2.45) is 15.4 Å². The second kappa shape index (κ2) is 9.46. The van der Waals surface area contributed by atoms with Crippen LogP contribution in [0.5, 0.6) is 0 Å². The Bertz CT molecular complexity index is 1040. The highest BCUT2D eigenvalue weighted by atomic mass is 16.5. The van der Waals surface area contributed by atoms with Crippen LogP contribution in [-0.4, -0.2) is 70.7 Å². The monoisotopic (exact) mass is 455 g/mol. The van der Waals surface area contributed by atoms with E-state index in [1.54, 1.807) is 48.7 Å². The summed E-state index contributed by atoms with van der Waals surface area (Å²) in [4.78, 5) is 11.9. The minimum Gasteiger partial charge on any atom is -0.465 e. The molecular formula is C23H25N3O7. The average molecular weight is 455 g/mol. The smallest absolute Gasteiger partial charge is 0.337 e. The normalized spacial score (nSPS) is 31.0. The second-order valence-electron chi connectivity index (χ2n) is 8.10. The van der Waals surface area contributed by atoms with E-state index in [9.17, 15) is 25.2 Å². The van der Waals surface area contributed by atoms with Gasteiger partial charge in [-0.25, -0.2) is 4.79 Å². The quantitative estimate of drug-likeness (QED) is 0.472. The summed E-state index contributed by atoms with van der Waals surface area (Å²) in [5, 5.41) is 51.9. The van der Waals surface area contributed by atoms with E-state index in [0.717, 1.165) is 11.1 Å². The van der Waals surface area contributed by atoms with Crippen LogP contribution in [0.1, 0.15) is 33.2 Å². The van der Waals surface area contributed by atoms with Crippen LogP contribution in [-0.2, 0) is 21.4 Å². The van der Waals surface area contributed by atoms with Gasteiger partial charge in [0.2, 0.25) is 0 Å². The van der Waals surface area contributed by atoms with E-state index >= 15 is 0 Å². The Balaban J connectivity index is 1.60. The molecule has 0 saturated carbocycles. The fraction of sp³-hybridized carbons (Fsp3) is 0.391. The van der Waals surface area contributed by atoms with Crippen LogP contribution in [0.3, 0.4) is 0 Å². The second-order valence-corrected chi connectivity index (χ2v) is 8.10. The first-order chi connectivity index (χ1) is 15.9. The van der Waals surface area contributed by atoms with Gasteiger partial charge in [0.05, 0.1) is 25.5 Å². The Hall–Kier alpha value is -3.02. The number of carbonyl (C=O) groups is 1. The lowest BCUT2D eigenvalue weighted by molar-refractivity contribution is -0.231. The topological polar surface area (TPSA) is 154 Å². The number of methoxy groups -OCH3 is 1. The fourth-order valence-electron chi connectivity index (χ4n) is 4.14. The zero-order valence-corrected chi connectivity index (χ0v) is 17.9. The molecule has 33 heavy (non-hydrogen) atoms. The maximum atomic E-state index is 11.9. The number of aliphatic hydroxyl groups excluding tert-OH is 4. The van der Waals surface area contributed by atoms with Crippen LogP contribution in [0, 0.1) is 0 Å². The van der Waals surface area contributed by atoms with Gasteiger partial charge in [0.1, 0.15) is 36.1 Å². The SMILES string of the molecule is COC(=O)c1cccc(CC2(c3ccc([C@H]4O[C@H](CO)[C@@H](O)[C@H](O)[C@H]4O)cc3)C=NN=N2)c1. The molecule has 2 aliphatic rings. The summed E-state index contributed by atoms with van der Waals surface area (Å²) in [5.74, 6) is -0.434. The molecule has 0 spiro atoms. The van der Waals surface area contributed by atoms with Gasteiger partial charge in [0.25, 0.3) is 0 Å². The first kappa shape index (κ1) is 23.1. The number of benzene rings is 2. The van der Waals surface area contributed by atoms with Gasteiger partial charge in [0, 0.05) is 6.42 Å². The molecule has 0 amide bonds. The van der Waals surface area contributed by atoms with Gasteiger partial charge in [-0.3, -0.25) is 0 Å². The minimum absolute atomic E-state index is 0.393. The van der Waals surface area contributed by atoms with Gasteiger partial charge < -0.3 is 29.9 Å². The van der Waals surface area contributed by atoms with Crippen molar-refractivity contribution in [2.75, 3.05) is 13.7 Å². The maximum Gasteiger partial charge on any atom is 0.337 e. The summed E-state index contributed by atoms with van der Waals surface area (Å²) >= 11 is 0. The number of aliphatic hydroxyl groups is 4. The van der Waals surface area contributed by atoms with Crippen LogP contribution in [0.2, 0.25) is 0 Å². The van der Waals surface area contributed by atoms with E-state index in [4.69, 9.17) is 9.47 Å². The molecule has 174 valence electrons. The Morgan fingerprint density at radius 3 is 2.48 bits per heavy atom. The Morgan fingerprint density at radius 1 is 1.09 bits per heavy atom. The predicted octanol–water partition coefficient (Wildman–Crippen LogP) is 0.878. The molecule has 2 aliphatic heterocycles. The molecule has 1 fully saturated rings. The summed E-state index contributed by atoms with van der Waals surface area (Å²) in [5.41, 5.74) is 1.70. The third-order valence-corrected chi connectivity index (χ3v) is 6.00.